The van der Waals surface area contributed by atoms with Crippen molar-refractivity contribution in [3.05, 3.63) is 47.5 Å². The average Bonchev–Trinajstić information content (AvgIpc) is 2.57. The number of aryl methyl sites for hydroxylation is 2. The molecule has 0 aliphatic rings. The number of hydrogen-bond donors (Lipinski definition) is 2. The highest BCUT2D eigenvalue weighted by Crippen LogP contribution is 2.27. The Morgan fingerprint density at radius 3 is 2.00 bits per heavy atom. The number of urea groups is 1. The van der Waals surface area contributed by atoms with Gasteiger partial charge in [-0.3, -0.25) is 0 Å². The third-order valence-electron chi connectivity index (χ3n) is 3.46. The highest BCUT2D eigenvalue weighted by molar-refractivity contribution is 5.89. The average molecular weight is 344 g/mol. The van der Waals surface area contributed by atoms with E-state index < -0.39 is 0 Å². The molecule has 2 aromatic carbocycles. The molecular weight excluding hydrogens is 320 g/mol. The van der Waals surface area contributed by atoms with Crippen molar-refractivity contribution in [3.63, 3.8) is 0 Å². The minimum atomic E-state index is -0.267. The van der Waals surface area contributed by atoms with E-state index in [4.69, 9.17) is 14.2 Å². The van der Waals surface area contributed by atoms with Crippen LogP contribution in [0.2, 0.25) is 0 Å². The topological polar surface area (TPSA) is 68.8 Å². The Labute approximate surface area is 148 Å². The van der Waals surface area contributed by atoms with Gasteiger partial charge in [0.25, 0.3) is 0 Å². The molecule has 0 radical (unpaired) electrons. The molecule has 2 aromatic rings. The lowest BCUT2D eigenvalue weighted by atomic mass is 10.1. The fourth-order valence-electron chi connectivity index (χ4n) is 2.42. The second-order valence-electron chi connectivity index (χ2n) is 5.65. The summed E-state index contributed by atoms with van der Waals surface area (Å²) in [6.45, 7) is 4.69. The van der Waals surface area contributed by atoms with Gasteiger partial charge in [-0.05, 0) is 37.1 Å². The van der Waals surface area contributed by atoms with Crippen LogP contribution in [0.3, 0.4) is 0 Å². The fourth-order valence-corrected chi connectivity index (χ4v) is 2.42. The molecule has 0 aliphatic carbocycles. The van der Waals surface area contributed by atoms with Gasteiger partial charge in [-0.2, -0.15) is 0 Å². The summed E-state index contributed by atoms with van der Waals surface area (Å²) in [5.74, 6) is 1.91. The Morgan fingerprint density at radius 1 is 0.880 bits per heavy atom. The minimum Gasteiger partial charge on any atom is -0.496 e. The molecule has 6 heteroatoms. The maximum Gasteiger partial charge on any atom is 0.319 e. The van der Waals surface area contributed by atoms with Gasteiger partial charge in [0.15, 0.2) is 0 Å². The van der Waals surface area contributed by atoms with E-state index in [1.54, 1.807) is 32.4 Å². The second kappa shape index (κ2) is 8.82. The van der Waals surface area contributed by atoms with Gasteiger partial charge >= 0.3 is 6.03 Å². The molecule has 0 spiro atoms. The quantitative estimate of drug-likeness (QED) is 0.754. The fraction of sp³-hybridized carbons (Fsp3) is 0.316. The number of amides is 2. The van der Waals surface area contributed by atoms with Gasteiger partial charge in [0.05, 0.1) is 20.8 Å². The van der Waals surface area contributed by atoms with Crippen molar-refractivity contribution in [1.82, 2.24) is 5.32 Å². The van der Waals surface area contributed by atoms with E-state index in [0.717, 1.165) is 16.8 Å². The number of rotatable bonds is 7. The van der Waals surface area contributed by atoms with E-state index in [0.29, 0.717) is 30.4 Å². The Bertz CT molecular complexity index is 689. The van der Waals surface area contributed by atoms with Crippen LogP contribution >= 0.6 is 0 Å². The lowest BCUT2D eigenvalue weighted by molar-refractivity contribution is 0.247. The predicted octanol–water partition coefficient (Wildman–Crippen LogP) is 3.52. The zero-order valence-electron chi connectivity index (χ0n) is 15.0. The number of ether oxygens (including phenoxy) is 3. The van der Waals surface area contributed by atoms with Gasteiger partial charge < -0.3 is 24.8 Å². The first-order valence-electron chi connectivity index (χ1n) is 7.99. The zero-order valence-corrected chi connectivity index (χ0v) is 15.0. The lowest BCUT2D eigenvalue weighted by Crippen LogP contribution is -2.32. The highest BCUT2D eigenvalue weighted by Gasteiger charge is 2.05. The summed E-state index contributed by atoms with van der Waals surface area (Å²) >= 11 is 0. The van der Waals surface area contributed by atoms with E-state index in [-0.39, 0.29) is 6.03 Å². The number of hydrogen-bond acceptors (Lipinski definition) is 4. The number of anilines is 1. The Kier molecular flexibility index (Phi) is 6.51. The van der Waals surface area contributed by atoms with Crippen LogP contribution < -0.4 is 24.8 Å². The van der Waals surface area contributed by atoms with Crippen LogP contribution in [-0.2, 0) is 0 Å². The van der Waals surface area contributed by atoms with Crippen molar-refractivity contribution in [2.24, 2.45) is 0 Å². The van der Waals surface area contributed by atoms with Gasteiger partial charge in [-0.15, -0.1) is 0 Å². The van der Waals surface area contributed by atoms with Crippen LogP contribution in [0.5, 0.6) is 17.2 Å². The smallest absolute Gasteiger partial charge is 0.319 e. The Balaban J connectivity index is 1.79. The summed E-state index contributed by atoms with van der Waals surface area (Å²) in [5, 5.41) is 5.57. The molecule has 0 unspecified atom stereocenters. The van der Waals surface area contributed by atoms with Crippen molar-refractivity contribution in [3.8, 4) is 17.2 Å². The first-order valence-corrected chi connectivity index (χ1v) is 7.99. The number of carbonyl (C=O) groups excluding carboxylic acids is 1. The van der Waals surface area contributed by atoms with Gasteiger partial charge in [-0.1, -0.05) is 6.07 Å². The first-order chi connectivity index (χ1) is 12.0. The number of benzene rings is 2. The van der Waals surface area contributed by atoms with Crippen LogP contribution in [0.1, 0.15) is 11.1 Å². The lowest BCUT2D eigenvalue weighted by Gasteiger charge is -2.12. The monoisotopic (exact) mass is 344 g/mol. The highest BCUT2D eigenvalue weighted by atomic mass is 16.5. The molecule has 2 amide bonds. The summed E-state index contributed by atoms with van der Waals surface area (Å²) in [6, 6.07) is 10.9. The van der Waals surface area contributed by atoms with Crippen molar-refractivity contribution in [2.75, 3.05) is 32.7 Å². The van der Waals surface area contributed by atoms with Crippen molar-refractivity contribution in [2.45, 2.75) is 13.8 Å². The molecule has 0 aliphatic heterocycles. The molecule has 0 aromatic heterocycles. The summed E-state index contributed by atoms with van der Waals surface area (Å²) in [4.78, 5) is 11.9. The molecule has 0 fully saturated rings. The summed E-state index contributed by atoms with van der Waals surface area (Å²) < 4.78 is 16.0. The first kappa shape index (κ1) is 18.4. The SMILES string of the molecule is COc1cc(OC)cc(OCCNC(=O)Nc2cc(C)cc(C)c2)c1. The molecule has 0 saturated carbocycles. The Hall–Kier alpha value is -2.89. The van der Waals surface area contributed by atoms with Gasteiger partial charge in [0.1, 0.15) is 23.9 Å². The van der Waals surface area contributed by atoms with Crippen LogP contribution in [0, 0.1) is 13.8 Å². The van der Waals surface area contributed by atoms with E-state index >= 15 is 0 Å². The maximum absolute atomic E-state index is 11.9. The van der Waals surface area contributed by atoms with Crippen molar-refractivity contribution in [1.29, 1.82) is 0 Å². The zero-order chi connectivity index (χ0) is 18.2. The number of methoxy groups -OCH3 is 2. The molecular formula is C19H24N2O4. The molecule has 0 saturated heterocycles. The van der Waals surface area contributed by atoms with Crippen LogP contribution in [0.15, 0.2) is 36.4 Å². The molecule has 0 bridgehead atoms. The molecule has 2 N–H and O–H groups in total. The molecule has 134 valence electrons. The molecule has 0 heterocycles. The van der Waals surface area contributed by atoms with Crippen molar-refractivity contribution >= 4 is 11.7 Å². The third-order valence-corrected chi connectivity index (χ3v) is 3.46. The van der Waals surface area contributed by atoms with Crippen LogP contribution in [0.4, 0.5) is 10.5 Å². The number of nitrogens with one attached hydrogen (secondary N) is 2. The van der Waals surface area contributed by atoms with Gasteiger partial charge in [0, 0.05) is 23.9 Å². The molecule has 25 heavy (non-hydrogen) atoms. The molecule has 6 nitrogen and oxygen atoms in total. The van der Waals surface area contributed by atoms with E-state index in [1.807, 2.05) is 26.0 Å². The molecule has 0 atom stereocenters. The standard InChI is InChI=1S/C19H24N2O4/c1-13-7-14(2)9-15(8-13)21-19(22)20-5-6-25-18-11-16(23-3)10-17(12-18)24-4/h7-12H,5-6H2,1-4H3,(H2,20,21,22). The summed E-state index contributed by atoms with van der Waals surface area (Å²) in [7, 11) is 3.16. The van der Waals surface area contributed by atoms with E-state index in [9.17, 15) is 4.79 Å². The summed E-state index contributed by atoms with van der Waals surface area (Å²) in [5.41, 5.74) is 2.98. The van der Waals surface area contributed by atoms with Crippen molar-refractivity contribution < 1.29 is 19.0 Å². The van der Waals surface area contributed by atoms with Gasteiger partial charge in [-0.25, -0.2) is 4.79 Å². The van der Waals surface area contributed by atoms with E-state index in [2.05, 4.69) is 16.7 Å². The van der Waals surface area contributed by atoms with Crippen LogP contribution in [0.25, 0.3) is 0 Å². The molecule has 2 rings (SSSR count). The maximum atomic E-state index is 11.9. The minimum absolute atomic E-state index is 0.267. The van der Waals surface area contributed by atoms with E-state index in [1.165, 1.54) is 0 Å². The van der Waals surface area contributed by atoms with Gasteiger partial charge in [0.2, 0.25) is 0 Å². The normalized spacial score (nSPS) is 10.1. The van der Waals surface area contributed by atoms with Crippen LogP contribution in [-0.4, -0.2) is 33.4 Å². The largest absolute Gasteiger partial charge is 0.496 e. The third kappa shape index (κ3) is 5.91. The predicted molar refractivity (Wildman–Crippen MR) is 98.0 cm³/mol. The summed E-state index contributed by atoms with van der Waals surface area (Å²) in [6.07, 6.45) is 0. The number of carbonyl (C=O) groups is 1. The second-order valence-corrected chi connectivity index (χ2v) is 5.65. The Morgan fingerprint density at radius 2 is 1.44 bits per heavy atom.